The first-order valence-electron chi connectivity index (χ1n) is 14.4. The van der Waals surface area contributed by atoms with Gasteiger partial charge >= 0.3 is 0 Å². The predicted molar refractivity (Wildman–Crippen MR) is 162 cm³/mol. The molecule has 3 aliphatic rings. The number of anilines is 2. The van der Waals surface area contributed by atoms with Crippen molar-refractivity contribution in [1.29, 1.82) is 0 Å². The zero-order valence-corrected chi connectivity index (χ0v) is 24.4. The maximum atomic E-state index is 11.4. The van der Waals surface area contributed by atoms with Crippen LogP contribution in [0.25, 0.3) is 0 Å². The van der Waals surface area contributed by atoms with Crippen molar-refractivity contribution >= 4 is 29.4 Å². The van der Waals surface area contributed by atoms with E-state index in [1.165, 1.54) is 57.3 Å². The number of amides is 1. The highest BCUT2D eigenvalue weighted by atomic mass is 32.2. The SMILES string of the molecule is CC.CNC(=O)COc1ccc(NSN2CCCC2)c2c1CCCN2.c1ccc(CCN2CCCC2)cc1. The summed E-state index contributed by atoms with van der Waals surface area (Å²) >= 11 is 1.68. The van der Waals surface area contributed by atoms with E-state index in [2.05, 4.69) is 54.9 Å². The van der Waals surface area contributed by atoms with Gasteiger partial charge in [-0.2, -0.15) is 0 Å². The van der Waals surface area contributed by atoms with Gasteiger partial charge in [0.1, 0.15) is 5.75 Å². The van der Waals surface area contributed by atoms with Crippen LogP contribution in [0.15, 0.2) is 42.5 Å². The molecule has 2 saturated heterocycles. The van der Waals surface area contributed by atoms with Gasteiger partial charge in [-0.15, -0.1) is 0 Å². The fourth-order valence-electron chi connectivity index (χ4n) is 4.82. The lowest BCUT2D eigenvalue weighted by atomic mass is 10.0. The van der Waals surface area contributed by atoms with Crippen molar-refractivity contribution in [3.63, 3.8) is 0 Å². The minimum atomic E-state index is -0.116. The Labute approximate surface area is 234 Å². The number of nitrogens with one attached hydrogen (secondary N) is 3. The number of carbonyl (C=O) groups is 1. The Morgan fingerprint density at radius 3 is 2.39 bits per heavy atom. The summed E-state index contributed by atoms with van der Waals surface area (Å²) in [5.74, 6) is 0.682. The highest BCUT2D eigenvalue weighted by Gasteiger charge is 2.20. The van der Waals surface area contributed by atoms with E-state index >= 15 is 0 Å². The van der Waals surface area contributed by atoms with E-state index < -0.39 is 0 Å². The number of carbonyl (C=O) groups excluding carboxylic acids is 1. The summed E-state index contributed by atoms with van der Waals surface area (Å²) in [4.78, 5) is 14.0. The van der Waals surface area contributed by atoms with Gasteiger partial charge in [0.25, 0.3) is 5.91 Å². The van der Waals surface area contributed by atoms with Gasteiger partial charge < -0.3 is 25.0 Å². The van der Waals surface area contributed by atoms with Crippen molar-refractivity contribution in [2.75, 3.05) is 63.0 Å². The summed E-state index contributed by atoms with van der Waals surface area (Å²) in [7, 11) is 1.62. The Morgan fingerprint density at radius 2 is 1.68 bits per heavy atom. The van der Waals surface area contributed by atoms with Gasteiger partial charge in [0, 0.05) is 50.9 Å². The number of hydrogen-bond donors (Lipinski definition) is 3. The molecule has 0 radical (unpaired) electrons. The third kappa shape index (κ3) is 9.71. The Kier molecular flexibility index (Phi) is 13.7. The molecule has 7 nitrogen and oxygen atoms in total. The number of hydrogen-bond acceptors (Lipinski definition) is 7. The summed E-state index contributed by atoms with van der Waals surface area (Å²) in [6, 6.07) is 14.8. The van der Waals surface area contributed by atoms with Crippen LogP contribution < -0.4 is 20.1 Å². The maximum Gasteiger partial charge on any atom is 0.257 e. The topological polar surface area (TPSA) is 68.9 Å². The molecule has 210 valence electrons. The van der Waals surface area contributed by atoms with Gasteiger partial charge in [-0.1, -0.05) is 44.2 Å². The molecule has 2 aromatic rings. The van der Waals surface area contributed by atoms with Crippen LogP contribution in [0.5, 0.6) is 5.75 Å². The summed E-state index contributed by atoms with van der Waals surface area (Å²) < 4.78 is 11.5. The van der Waals surface area contributed by atoms with Crippen molar-refractivity contribution in [1.82, 2.24) is 14.5 Å². The highest BCUT2D eigenvalue weighted by molar-refractivity contribution is 7.98. The minimum Gasteiger partial charge on any atom is -0.483 e. The van der Waals surface area contributed by atoms with E-state index in [4.69, 9.17) is 4.74 Å². The second-order valence-electron chi connectivity index (χ2n) is 9.57. The van der Waals surface area contributed by atoms with Gasteiger partial charge in [-0.3, -0.25) is 4.79 Å². The monoisotopic (exact) mass is 541 g/mol. The number of ether oxygens (including phenoxy) is 1. The standard InChI is InChI=1S/C16H24N4O2S.C12H17N.C2H6/c1-17-15(21)11-22-14-7-6-13(16-12(14)5-4-8-18-16)19-23-20-9-2-3-10-20;1-2-6-12(7-3-1)8-11-13-9-4-5-10-13;1-2/h6-7,18-19H,2-5,8-11H2,1H3,(H,17,21);1-3,6-7H,4-5,8-11H2;1-2H3. The summed E-state index contributed by atoms with van der Waals surface area (Å²) in [5, 5.41) is 6.05. The van der Waals surface area contributed by atoms with E-state index in [-0.39, 0.29) is 12.5 Å². The summed E-state index contributed by atoms with van der Waals surface area (Å²) in [5.41, 5.74) is 4.82. The first kappa shape index (κ1) is 30.1. The lowest BCUT2D eigenvalue weighted by Crippen LogP contribution is -2.25. The zero-order valence-electron chi connectivity index (χ0n) is 23.6. The average Bonchev–Trinajstić information content (AvgIpc) is 3.71. The van der Waals surface area contributed by atoms with Gasteiger partial charge in [-0.25, -0.2) is 4.31 Å². The lowest BCUT2D eigenvalue weighted by molar-refractivity contribution is -0.122. The molecule has 3 N–H and O–H groups in total. The molecule has 0 spiro atoms. The minimum absolute atomic E-state index is 0.0538. The van der Waals surface area contributed by atoms with E-state index in [1.54, 1.807) is 19.2 Å². The molecule has 0 aromatic heterocycles. The number of likely N-dealkylation sites (N-methyl/N-ethyl adjacent to an activating group) is 1. The van der Waals surface area contributed by atoms with E-state index in [0.29, 0.717) is 0 Å². The lowest BCUT2D eigenvalue weighted by Gasteiger charge is -2.25. The van der Waals surface area contributed by atoms with Crippen LogP contribution in [0.2, 0.25) is 0 Å². The molecule has 38 heavy (non-hydrogen) atoms. The van der Waals surface area contributed by atoms with Gasteiger partial charge in [0.05, 0.1) is 11.4 Å². The molecular formula is C30H47N5O2S. The molecule has 0 atom stereocenters. The number of fused-ring (bicyclic) bond motifs is 1. The predicted octanol–water partition coefficient (Wildman–Crippen LogP) is 5.59. The first-order chi connectivity index (χ1) is 18.7. The molecular weight excluding hydrogens is 494 g/mol. The number of rotatable bonds is 9. The Balaban J connectivity index is 0.000000225. The smallest absolute Gasteiger partial charge is 0.257 e. The van der Waals surface area contributed by atoms with Crippen molar-refractivity contribution in [3.8, 4) is 5.75 Å². The molecule has 8 heteroatoms. The Bertz CT molecular complexity index is 947. The van der Waals surface area contributed by atoms with Crippen molar-refractivity contribution in [3.05, 3.63) is 53.6 Å². The number of benzene rings is 2. The number of likely N-dealkylation sites (tertiary alicyclic amines) is 1. The molecule has 2 aromatic carbocycles. The fraction of sp³-hybridized carbons (Fsp3) is 0.567. The average molecular weight is 542 g/mol. The van der Waals surface area contributed by atoms with E-state index in [0.717, 1.165) is 55.2 Å². The van der Waals surface area contributed by atoms with E-state index in [9.17, 15) is 4.79 Å². The molecule has 3 aliphatic heterocycles. The molecule has 2 fully saturated rings. The second kappa shape index (κ2) is 17.2. The molecule has 0 bridgehead atoms. The molecule has 0 unspecified atom stereocenters. The summed E-state index contributed by atoms with van der Waals surface area (Å²) in [6.45, 7) is 11.2. The first-order valence-corrected chi connectivity index (χ1v) is 15.2. The Hall–Kier alpha value is -2.42. The van der Waals surface area contributed by atoms with Crippen LogP contribution in [0.1, 0.15) is 57.1 Å². The van der Waals surface area contributed by atoms with Gasteiger partial charge in [-0.05, 0) is 75.7 Å². The van der Waals surface area contributed by atoms with Crippen molar-refractivity contribution < 1.29 is 9.53 Å². The highest BCUT2D eigenvalue weighted by Crippen LogP contribution is 2.38. The second-order valence-corrected chi connectivity index (χ2v) is 10.5. The van der Waals surface area contributed by atoms with Gasteiger partial charge in [0.15, 0.2) is 6.61 Å². The van der Waals surface area contributed by atoms with Crippen LogP contribution in [-0.2, 0) is 17.6 Å². The Morgan fingerprint density at radius 1 is 0.974 bits per heavy atom. The van der Waals surface area contributed by atoms with Crippen molar-refractivity contribution in [2.45, 2.75) is 58.8 Å². The third-order valence-electron chi connectivity index (χ3n) is 6.92. The largest absolute Gasteiger partial charge is 0.483 e. The van der Waals surface area contributed by atoms with Crippen molar-refractivity contribution in [2.24, 2.45) is 0 Å². The molecule has 5 rings (SSSR count). The van der Waals surface area contributed by atoms with Crippen LogP contribution in [-0.4, -0.2) is 68.0 Å². The van der Waals surface area contributed by atoms with Crippen LogP contribution in [0.3, 0.4) is 0 Å². The fourth-order valence-corrected chi connectivity index (χ4v) is 5.66. The molecule has 0 aliphatic carbocycles. The number of nitrogens with zero attached hydrogens (tertiary/aromatic N) is 2. The molecule has 1 amide bonds. The third-order valence-corrected chi connectivity index (χ3v) is 7.86. The van der Waals surface area contributed by atoms with Crippen LogP contribution in [0, 0.1) is 0 Å². The molecule has 3 heterocycles. The summed E-state index contributed by atoms with van der Waals surface area (Å²) in [6.07, 6.45) is 8.60. The van der Waals surface area contributed by atoms with Gasteiger partial charge in [0.2, 0.25) is 0 Å². The normalized spacial score (nSPS) is 16.7. The zero-order chi connectivity index (χ0) is 27.0. The van der Waals surface area contributed by atoms with Crippen LogP contribution in [0.4, 0.5) is 11.4 Å². The van der Waals surface area contributed by atoms with Crippen LogP contribution >= 0.6 is 12.1 Å². The quantitative estimate of drug-likeness (QED) is 0.358. The molecule has 0 saturated carbocycles. The van der Waals surface area contributed by atoms with E-state index in [1.807, 2.05) is 26.0 Å². The maximum absolute atomic E-state index is 11.4.